The Hall–Kier alpha value is -3.12. The van der Waals surface area contributed by atoms with E-state index in [4.69, 9.17) is 9.84 Å². The summed E-state index contributed by atoms with van der Waals surface area (Å²) in [4.78, 5) is 24.3. The first-order valence-electron chi connectivity index (χ1n) is 11.4. The molecule has 0 saturated heterocycles. The topological polar surface area (TPSA) is 75.6 Å². The van der Waals surface area contributed by atoms with Crippen molar-refractivity contribution in [2.45, 2.75) is 59.5 Å². The van der Waals surface area contributed by atoms with Gasteiger partial charge in [0.2, 0.25) is 0 Å². The van der Waals surface area contributed by atoms with Gasteiger partial charge in [-0.1, -0.05) is 45.0 Å². The van der Waals surface area contributed by atoms with Gasteiger partial charge in [0.15, 0.2) is 0 Å². The van der Waals surface area contributed by atoms with E-state index in [0.29, 0.717) is 4.88 Å². The Morgan fingerprint density at radius 2 is 1.65 bits per heavy atom. The second kappa shape index (κ2) is 10.4. The van der Waals surface area contributed by atoms with Gasteiger partial charge >= 0.3 is 5.97 Å². The standard InChI is InChI=1S/C28H33NO4S/c1-17-15-22(16-18(2)26(17)20-7-9-21(10-8-20)28(4,5)6)33-19(3)23-11-12-24(34-23)27(32)29-14-13-25(30)31/h7-12,15-16,19H,13-14H2,1-6H3,(H,29,32)(H,30,31). The number of carboxylic acid groups (broad SMARTS) is 1. The van der Waals surface area contributed by atoms with Crippen LogP contribution in [0.1, 0.15) is 71.5 Å². The highest BCUT2D eigenvalue weighted by Crippen LogP contribution is 2.35. The number of thiophene rings is 1. The summed E-state index contributed by atoms with van der Waals surface area (Å²) < 4.78 is 6.22. The molecule has 3 rings (SSSR count). The van der Waals surface area contributed by atoms with Gasteiger partial charge < -0.3 is 15.2 Å². The van der Waals surface area contributed by atoms with Crippen molar-refractivity contribution in [1.82, 2.24) is 5.32 Å². The number of carboxylic acids is 1. The molecule has 0 aliphatic carbocycles. The Morgan fingerprint density at radius 1 is 1.03 bits per heavy atom. The van der Waals surface area contributed by atoms with Crippen molar-refractivity contribution in [3.05, 3.63) is 75.0 Å². The summed E-state index contributed by atoms with van der Waals surface area (Å²) in [5.41, 5.74) is 6.14. The molecule has 0 radical (unpaired) electrons. The average Bonchev–Trinajstić information content (AvgIpc) is 3.23. The summed E-state index contributed by atoms with van der Waals surface area (Å²) in [7, 11) is 0. The van der Waals surface area contributed by atoms with Crippen LogP contribution in [0.3, 0.4) is 0 Å². The van der Waals surface area contributed by atoms with E-state index in [-0.39, 0.29) is 30.4 Å². The summed E-state index contributed by atoms with van der Waals surface area (Å²) in [6.07, 6.45) is -0.319. The highest BCUT2D eigenvalue weighted by atomic mass is 32.1. The van der Waals surface area contributed by atoms with Crippen LogP contribution in [-0.4, -0.2) is 23.5 Å². The molecule has 1 heterocycles. The van der Waals surface area contributed by atoms with E-state index in [2.05, 4.69) is 76.3 Å². The van der Waals surface area contributed by atoms with Crippen LogP contribution in [0.2, 0.25) is 0 Å². The minimum atomic E-state index is -0.937. The van der Waals surface area contributed by atoms with E-state index in [0.717, 1.165) is 21.8 Å². The number of benzene rings is 2. The molecule has 3 aromatic rings. The Morgan fingerprint density at radius 3 is 2.21 bits per heavy atom. The maximum Gasteiger partial charge on any atom is 0.305 e. The van der Waals surface area contributed by atoms with Crippen LogP contribution >= 0.6 is 11.3 Å². The van der Waals surface area contributed by atoms with Gasteiger partial charge in [-0.25, -0.2) is 0 Å². The maximum absolute atomic E-state index is 12.2. The lowest BCUT2D eigenvalue weighted by Crippen LogP contribution is -2.25. The van der Waals surface area contributed by atoms with Crippen LogP contribution in [-0.2, 0) is 10.2 Å². The zero-order valence-electron chi connectivity index (χ0n) is 20.7. The molecule has 0 fully saturated rings. The fourth-order valence-electron chi connectivity index (χ4n) is 3.91. The van der Waals surface area contributed by atoms with Crippen molar-refractivity contribution in [3.63, 3.8) is 0 Å². The third-order valence-corrected chi connectivity index (χ3v) is 6.98. The molecule has 1 aromatic heterocycles. The van der Waals surface area contributed by atoms with E-state index < -0.39 is 5.97 Å². The minimum Gasteiger partial charge on any atom is -0.485 e. The Labute approximate surface area is 205 Å². The predicted molar refractivity (Wildman–Crippen MR) is 138 cm³/mol. The summed E-state index contributed by atoms with van der Waals surface area (Å²) in [5.74, 6) is -0.413. The monoisotopic (exact) mass is 479 g/mol. The molecule has 0 spiro atoms. The first-order chi connectivity index (χ1) is 16.0. The molecule has 1 atom stereocenters. The van der Waals surface area contributed by atoms with Crippen molar-refractivity contribution in [2.24, 2.45) is 0 Å². The van der Waals surface area contributed by atoms with Gasteiger partial charge in [0.1, 0.15) is 11.9 Å². The van der Waals surface area contributed by atoms with Gasteiger partial charge in [0.05, 0.1) is 11.3 Å². The fraction of sp³-hybridized carbons (Fsp3) is 0.357. The van der Waals surface area contributed by atoms with Gasteiger partial charge in [0, 0.05) is 11.4 Å². The van der Waals surface area contributed by atoms with Crippen molar-refractivity contribution < 1.29 is 19.4 Å². The molecular formula is C28H33NO4S. The van der Waals surface area contributed by atoms with E-state index in [1.807, 2.05) is 13.0 Å². The first kappa shape index (κ1) is 25.5. The molecule has 2 N–H and O–H groups in total. The van der Waals surface area contributed by atoms with Crippen molar-refractivity contribution >= 4 is 23.2 Å². The number of aryl methyl sites for hydroxylation is 2. The normalized spacial score (nSPS) is 12.3. The van der Waals surface area contributed by atoms with E-state index in [9.17, 15) is 9.59 Å². The number of carbonyl (C=O) groups excluding carboxylic acids is 1. The molecule has 0 aliphatic heterocycles. The van der Waals surface area contributed by atoms with Crippen molar-refractivity contribution in [2.75, 3.05) is 6.54 Å². The molecule has 0 aliphatic rings. The largest absolute Gasteiger partial charge is 0.485 e. The summed E-state index contributed by atoms with van der Waals surface area (Å²) >= 11 is 1.35. The molecule has 1 amide bonds. The smallest absolute Gasteiger partial charge is 0.305 e. The van der Waals surface area contributed by atoms with E-state index in [1.165, 1.54) is 28.0 Å². The number of hydrogen-bond acceptors (Lipinski definition) is 4. The summed E-state index contributed by atoms with van der Waals surface area (Å²) in [6.45, 7) is 12.9. The summed E-state index contributed by atoms with van der Waals surface area (Å²) in [6, 6.07) is 16.5. The van der Waals surface area contributed by atoms with Crippen LogP contribution in [0.15, 0.2) is 48.5 Å². The second-order valence-corrected chi connectivity index (χ2v) is 10.7. The van der Waals surface area contributed by atoms with Crippen LogP contribution in [0.25, 0.3) is 11.1 Å². The maximum atomic E-state index is 12.2. The Kier molecular flexibility index (Phi) is 7.82. The van der Waals surface area contributed by atoms with Gasteiger partial charge in [-0.05, 0) is 78.3 Å². The van der Waals surface area contributed by atoms with Gasteiger partial charge in [0.25, 0.3) is 5.91 Å². The zero-order chi connectivity index (χ0) is 25.0. The number of hydrogen-bond donors (Lipinski definition) is 2. The number of ether oxygens (including phenoxy) is 1. The fourth-order valence-corrected chi connectivity index (χ4v) is 4.81. The number of rotatable bonds is 8. The van der Waals surface area contributed by atoms with Crippen LogP contribution in [0.4, 0.5) is 0 Å². The lowest BCUT2D eigenvalue weighted by molar-refractivity contribution is -0.136. The molecule has 0 bridgehead atoms. The van der Waals surface area contributed by atoms with Crippen LogP contribution < -0.4 is 10.1 Å². The molecule has 0 saturated carbocycles. The van der Waals surface area contributed by atoms with Crippen LogP contribution in [0.5, 0.6) is 5.75 Å². The number of amides is 1. The lowest BCUT2D eigenvalue weighted by Gasteiger charge is -2.20. The summed E-state index contributed by atoms with van der Waals surface area (Å²) in [5, 5.41) is 11.3. The SMILES string of the molecule is Cc1cc(OC(C)c2ccc(C(=O)NCCC(=O)O)s2)cc(C)c1-c1ccc(C(C)(C)C)cc1. The molecule has 6 heteroatoms. The Bertz CT molecular complexity index is 1150. The van der Waals surface area contributed by atoms with Gasteiger partial charge in [-0.3, -0.25) is 9.59 Å². The highest BCUT2D eigenvalue weighted by molar-refractivity contribution is 7.14. The quantitative estimate of drug-likeness (QED) is 0.378. The van der Waals surface area contributed by atoms with Crippen molar-refractivity contribution in [3.8, 4) is 16.9 Å². The van der Waals surface area contributed by atoms with E-state index >= 15 is 0 Å². The molecule has 2 aromatic carbocycles. The first-order valence-corrected chi connectivity index (χ1v) is 12.3. The highest BCUT2D eigenvalue weighted by Gasteiger charge is 2.17. The Balaban J connectivity index is 1.71. The molecular weight excluding hydrogens is 446 g/mol. The third-order valence-electron chi connectivity index (χ3n) is 5.73. The van der Waals surface area contributed by atoms with Gasteiger partial charge in [-0.15, -0.1) is 11.3 Å². The number of carbonyl (C=O) groups is 2. The number of nitrogens with one attached hydrogen (secondary N) is 1. The average molecular weight is 480 g/mol. The second-order valence-electron chi connectivity index (χ2n) is 9.62. The minimum absolute atomic E-state index is 0.0983. The third kappa shape index (κ3) is 6.26. The predicted octanol–water partition coefficient (Wildman–Crippen LogP) is 6.67. The van der Waals surface area contributed by atoms with E-state index in [1.54, 1.807) is 6.07 Å². The zero-order valence-corrected chi connectivity index (χ0v) is 21.5. The molecule has 5 nitrogen and oxygen atoms in total. The molecule has 34 heavy (non-hydrogen) atoms. The number of aliphatic carboxylic acids is 1. The lowest BCUT2D eigenvalue weighted by atomic mass is 9.85. The van der Waals surface area contributed by atoms with Gasteiger partial charge in [-0.2, -0.15) is 0 Å². The molecule has 180 valence electrons. The van der Waals surface area contributed by atoms with Crippen LogP contribution in [0, 0.1) is 13.8 Å². The van der Waals surface area contributed by atoms with Crippen molar-refractivity contribution in [1.29, 1.82) is 0 Å². The molecule has 1 unspecified atom stereocenters.